The molecule has 0 unspecified atom stereocenters. The summed E-state index contributed by atoms with van der Waals surface area (Å²) < 4.78 is 19.0. The zero-order chi connectivity index (χ0) is 20.2. The van der Waals surface area contributed by atoms with Gasteiger partial charge in [0.05, 0.1) is 5.56 Å². The number of aryl methyl sites for hydroxylation is 1. The molecule has 0 radical (unpaired) electrons. The standard InChI is InChI=1S/C21H20ClFN4O2/c22-15-5-7-16(8-6-15)26-11-13-27(14-12-26)20(28)10-9-19-24-21(25-29-19)17-3-1-2-4-18(17)23/h1-8H,9-14H2. The van der Waals surface area contributed by atoms with Crippen LogP contribution >= 0.6 is 11.6 Å². The van der Waals surface area contributed by atoms with Gasteiger partial charge in [-0.2, -0.15) is 4.98 Å². The molecule has 1 aromatic heterocycles. The number of carbonyl (C=O) groups excluding carboxylic acids is 1. The van der Waals surface area contributed by atoms with Crippen LogP contribution in [-0.4, -0.2) is 47.1 Å². The second kappa shape index (κ2) is 8.61. The van der Waals surface area contributed by atoms with E-state index in [1.54, 1.807) is 18.2 Å². The molecule has 1 saturated heterocycles. The molecule has 0 bridgehead atoms. The van der Waals surface area contributed by atoms with Gasteiger partial charge in [-0.1, -0.05) is 28.9 Å². The lowest BCUT2D eigenvalue weighted by molar-refractivity contribution is -0.131. The zero-order valence-corrected chi connectivity index (χ0v) is 16.5. The smallest absolute Gasteiger partial charge is 0.227 e. The highest BCUT2D eigenvalue weighted by molar-refractivity contribution is 6.30. The van der Waals surface area contributed by atoms with E-state index in [0.29, 0.717) is 30.4 Å². The molecule has 0 saturated carbocycles. The van der Waals surface area contributed by atoms with Crippen molar-refractivity contribution in [3.05, 3.63) is 65.3 Å². The Morgan fingerprint density at radius 2 is 1.79 bits per heavy atom. The molecule has 1 aliphatic heterocycles. The van der Waals surface area contributed by atoms with Gasteiger partial charge in [0.1, 0.15) is 5.82 Å². The highest BCUT2D eigenvalue weighted by Gasteiger charge is 2.22. The molecule has 1 fully saturated rings. The van der Waals surface area contributed by atoms with Crippen LogP contribution in [-0.2, 0) is 11.2 Å². The van der Waals surface area contributed by atoms with Gasteiger partial charge < -0.3 is 14.3 Å². The fourth-order valence-corrected chi connectivity index (χ4v) is 3.47. The number of carbonyl (C=O) groups is 1. The summed E-state index contributed by atoms with van der Waals surface area (Å²) in [6.45, 7) is 2.86. The van der Waals surface area contributed by atoms with Crippen LogP contribution in [0.4, 0.5) is 10.1 Å². The molecule has 6 nitrogen and oxygen atoms in total. The first-order valence-electron chi connectivity index (χ1n) is 9.46. The van der Waals surface area contributed by atoms with E-state index in [1.807, 2.05) is 29.2 Å². The third-order valence-corrected chi connectivity index (χ3v) is 5.21. The normalized spacial score (nSPS) is 14.3. The van der Waals surface area contributed by atoms with Crippen LogP contribution in [0.15, 0.2) is 53.1 Å². The summed E-state index contributed by atoms with van der Waals surface area (Å²) in [5, 5.41) is 4.53. The van der Waals surface area contributed by atoms with Crippen molar-refractivity contribution >= 4 is 23.2 Å². The largest absolute Gasteiger partial charge is 0.368 e. The third kappa shape index (κ3) is 4.56. The summed E-state index contributed by atoms with van der Waals surface area (Å²) in [4.78, 5) is 20.8. The molecular weight excluding hydrogens is 395 g/mol. The van der Waals surface area contributed by atoms with Gasteiger partial charge in [-0.25, -0.2) is 4.39 Å². The average molecular weight is 415 g/mol. The van der Waals surface area contributed by atoms with Gasteiger partial charge >= 0.3 is 0 Å². The van der Waals surface area contributed by atoms with E-state index in [9.17, 15) is 9.18 Å². The van der Waals surface area contributed by atoms with E-state index < -0.39 is 5.82 Å². The van der Waals surface area contributed by atoms with Crippen molar-refractivity contribution in [3.8, 4) is 11.4 Å². The summed E-state index contributed by atoms with van der Waals surface area (Å²) >= 11 is 5.94. The van der Waals surface area contributed by atoms with Crippen molar-refractivity contribution in [1.82, 2.24) is 15.0 Å². The van der Waals surface area contributed by atoms with Crippen LogP contribution in [0.5, 0.6) is 0 Å². The highest BCUT2D eigenvalue weighted by Crippen LogP contribution is 2.21. The van der Waals surface area contributed by atoms with Gasteiger partial charge in [-0.15, -0.1) is 0 Å². The highest BCUT2D eigenvalue weighted by atomic mass is 35.5. The SMILES string of the molecule is O=C(CCc1nc(-c2ccccc2F)no1)N1CCN(c2ccc(Cl)cc2)CC1. The lowest BCUT2D eigenvalue weighted by atomic mass is 10.2. The Bertz CT molecular complexity index is 984. The number of rotatable bonds is 5. The third-order valence-electron chi connectivity index (χ3n) is 4.96. The van der Waals surface area contributed by atoms with Crippen molar-refractivity contribution < 1.29 is 13.7 Å². The minimum atomic E-state index is -0.408. The first-order valence-corrected chi connectivity index (χ1v) is 9.84. The van der Waals surface area contributed by atoms with Gasteiger partial charge in [0, 0.05) is 49.7 Å². The number of hydrogen-bond donors (Lipinski definition) is 0. The second-order valence-corrected chi connectivity index (χ2v) is 7.27. The van der Waals surface area contributed by atoms with E-state index >= 15 is 0 Å². The Kier molecular flexibility index (Phi) is 5.76. The van der Waals surface area contributed by atoms with Gasteiger partial charge in [-0.3, -0.25) is 4.79 Å². The van der Waals surface area contributed by atoms with Crippen LogP contribution in [0.1, 0.15) is 12.3 Å². The molecule has 150 valence electrons. The fourth-order valence-electron chi connectivity index (χ4n) is 3.35. The second-order valence-electron chi connectivity index (χ2n) is 6.84. The molecule has 2 heterocycles. The predicted octanol–water partition coefficient (Wildman–Crippen LogP) is 3.81. The summed E-state index contributed by atoms with van der Waals surface area (Å²) in [7, 11) is 0. The van der Waals surface area contributed by atoms with Gasteiger partial charge in [-0.05, 0) is 36.4 Å². The van der Waals surface area contributed by atoms with E-state index in [2.05, 4.69) is 15.0 Å². The molecule has 8 heteroatoms. The van der Waals surface area contributed by atoms with Crippen molar-refractivity contribution in [2.24, 2.45) is 0 Å². The molecule has 1 aliphatic rings. The molecule has 0 N–H and O–H groups in total. The molecule has 3 aromatic rings. The van der Waals surface area contributed by atoms with Crippen molar-refractivity contribution in [2.75, 3.05) is 31.1 Å². The van der Waals surface area contributed by atoms with Gasteiger partial charge in [0.15, 0.2) is 0 Å². The summed E-state index contributed by atoms with van der Waals surface area (Å²) in [6, 6.07) is 14.0. The number of halogens is 2. The Hall–Kier alpha value is -2.93. The lowest BCUT2D eigenvalue weighted by Crippen LogP contribution is -2.48. The Balaban J connectivity index is 1.29. The van der Waals surface area contributed by atoms with Crippen LogP contribution in [0.2, 0.25) is 5.02 Å². The maximum Gasteiger partial charge on any atom is 0.227 e. The molecule has 2 aromatic carbocycles. The molecule has 1 amide bonds. The molecule has 29 heavy (non-hydrogen) atoms. The van der Waals surface area contributed by atoms with Crippen LogP contribution in [0.25, 0.3) is 11.4 Å². The van der Waals surface area contributed by atoms with E-state index in [-0.39, 0.29) is 23.7 Å². The van der Waals surface area contributed by atoms with E-state index in [1.165, 1.54) is 6.07 Å². The number of nitrogens with zero attached hydrogens (tertiary/aromatic N) is 4. The Morgan fingerprint density at radius 1 is 1.07 bits per heavy atom. The summed E-state index contributed by atoms with van der Waals surface area (Å²) in [6.07, 6.45) is 0.609. The minimum Gasteiger partial charge on any atom is -0.368 e. The lowest BCUT2D eigenvalue weighted by Gasteiger charge is -2.36. The minimum absolute atomic E-state index is 0.0476. The zero-order valence-electron chi connectivity index (χ0n) is 15.7. The van der Waals surface area contributed by atoms with Crippen LogP contribution in [0, 0.1) is 5.82 Å². The van der Waals surface area contributed by atoms with E-state index in [4.69, 9.17) is 16.1 Å². The summed E-state index contributed by atoms with van der Waals surface area (Å²) in [5.74, 6) is 0.166. The van der Waals surface area contributed by atoms with E-state index in [0.717, 1.165) is 18.8 Å². The number of hydrogen-bond acceptors (Lipinski definition) is 5. The van der Waals surface area contributed by atoms with Crippen LogP contribution in [0.3, 0.4) is 0 Å². The average Bonchev–Trinajstić information content (AvgIpc) is 3.22. The van der Waals surface area contributed by atoms with Crippen molar-refractivity contribution in [3.63, 3.8) is 0 Å². The van der Waals surface area contributed by atoms with Gasteiger partial charge in [0.25, 0.3) is 0 Å². The molecular formula is C21H20ClFN4O2. The number of piperazine rings is 1. The first kappa shape index (κ1) is 19.4. The number of anilines is 1. The van der Waals surface area contributed by atoms with Crippen molar-refractivity contribution in [2.45, 2.75) is 12.8 Å². The molecule has 0 spiro atoms. The van der Waals surface area contributed by atoms with Crippen LogP contribution < -0.4 is 4.90 Å². The summed E-state index contributed by atoms with van der Waals surface area (Å²) in [5.41, 5.74) is 1.39. The Morgan fingerprint density at radius 3 is 2.52 bits per heavy atom. The molecule has 0 atom stereocenters. The predicted molar refractivity (Wildman–Crippen MR) is 108 cm³/mol. The maximum absolute atomic E-state index is 13.8. The number of aromatic nitrogens is 2. The van der Waals surface area contributed by atoms with Gasteiger partial charge in [0.2, 0.25) is 17.6 Å². The fraction of sp³-hybridized carbons (Fsp3) is 0.286. The number of amides is 1. The first-order chi connectivity index (χ1) is 14.1. The number of benzene rings is 2. The monoisotopic (exact) mass is 414 g/mol. The quantitative estimate of drug-likeness (QED) is 0.635. The topological polar surface area (TPSA) is 62.5 Å². The Labute approximate surface area is 172 Å². The maximum atomic E-state index is 13.8. The molecule has 4 rings (SSSR count). The molecule has 0 aliphatic carbocycles. The van der Waals surface area contributed by atoms with Crippen molar-refractivity contribution in [1.29, 1.82) is 0 Å².